The molecular formula is C13H16ClFN2. The van der Waals surface area contributed by atoms with Gasteiger partial charge in [0.1, 0.15) is 5.82 Å². The molecule has 1 aliphatic carbocycles. The predicted octanol–water partition coefficient (Wildman–Crippen LogP) is 3.48. The Morgan fingerprint density at radius 2 is 2.18 bits per heavy atom. The number of rotatable bonds is 3. The van der Waals surface area contributed by atoms with Crippen molar-refractivity contribution in [3.63, 3.8) is 0 Å². The summed E-state index contributed by atoms with van der Waals surface area (Å²) < 4.78 is 13.9. The normalized spacial score (nSPS) is 17.7. The number of nitrogens with two attached hydrogens (primary N) is 1. The van der Waals surface area contributed by atoms with Gasteiger partial charge in [-0.1, -0.05) is 35.4 Å². The lowest BCUT2D eigenvalue weighted by Crippen LogP contribution is -2.30. The smallest absolute Gasteiger partial charge is 0.146 e. The second kappa shape index (κ2) is 5.63. The molecule has 0 spiro atoms. The van der Waals surface area contributed by atoms with Gasteiger partial charge in [0.15, 0.2) is 0 Å². The third-order valence-electron chi connectivity index (χ3n) is 3.16. The minimum Gasteiger partial charge on any atom is -0.271 e. The van der Waals surface area contributed by atoms with Crippen molar-refractivity contribution in [3.8, 4) is 0 Å². The molecule has 0 fully saturated rings. The Labute approximate surface area is 106 Å². The molecule has 1 unspecified atom stereocenters. The van der Waals surface area contributed by atoms with Gasteiger partial charge in [-0.15, -0.1) is 0 Å². The van der Waals surface area contributed by atoms with E-state index in [0.29, 0.717) is 5.56 Å². The van der Waals surface area contributed by atoms with Crippen LogP contribution < -0.4 is 11.3 Å². The van der Waals surface area contributed by atoms with Gasteiger partial charge in [0.2, 0.25) is 0 Å². The predicted molar refractivity (Wildman–Crippen MR) is 68.0 cm³/mol. The summed E-state index contributed by atoms with van der Waals surface area (Å²) in [6, 6.07) is 4.74. The van der Waals surface area contributed by atoms with Crippen molar-refractivity contribution in [2.75, 3.05) is 0 Å². The van der Waals surface area contributed by atoms with Crippen molar-refractivity contribution in [3.05, 3.63) is 46.3 Å². The molecular weight excluding hydrogens is 239 g/mol. The first kappa shape index (κ1) is 12.6. The molecule has 0 radical (unpaired) electrons. The Hall–Kier alpha value is -0.900. The molecule has 0 heterocycles. The van der Waals surface area contributed by atoms with Crippen LogP contribution in [0.3, 0.4) is 0 Å². The van der Waals surface area contributed by atoms with Gasteiger partial charge in [0.05, 0.1) is 11.1 Å². The van der Waals surface area contributed by atoms with E-state index in [0.717, 1.165) is 24.8 Å². The molecule has 1 aromatic carbocycles. The van der Waals surface area contributed by atoms with E-state index in [2.05, 4.69) is 11.5 Å². The summed E-state index contributed by atoms with van der Waals surface area (Å²) in [4.78, 5) is 0. The Bertz CT molecular complexity index is 431. The third-order valence-corrected chi connectivity index (χ3v) is 3.45. The van der Waals surface area contributed by atoms with E-state index in [1.54, 1.807) is 18.2 Å². The molecule has 0 amide bonds. The van der Waals surface area contributed by atoms with Crippen molar-refractivity contribution < 1.29 is 4.39 Å². The van der Waals surface area contributed by atoms with Gasteiger partial charge in [-0.2, -0.15) is 0 Å². The number of halogens is 2. The van der Waals surface area contributed by atoms with Crippen LogP contribution in [0.25, 0.3) is 0 Å². The summed E-state index contributed by atoms with van der Waals surface area (Å²) in [5.74, 6) is 5.17. The van der Waals surface area contributed by atoms with Crippen LogP contribution in [0.2, 0.25) is 5.02 Å². The van der Waals surface area contributed by atoms with Crippen molar-refractivity contribution in [1.82, 2.24) is 5.43 Å². The Balaban J connectivity index is 2.34. The molecule has 1 aromatic rings. The van der Waals surface area contributed by atoms with Gasteiger partial charge in [0, 0.05) is 5.56 Å². The SMILES string of the molecule is NNC(C1=CCCCC1)c1cccc(Cl)c1F. The van der Waals surface area contributed by atoms with Crippen molar-refractivity contribution in [2.45, 2.75) is 31.7 Å². The van der Waals surface area contributed by atoms with Gasteiger partial charge in [-0.25, -0.2) is 9.82 Å². The summed E-state index contributed by atoms with van der Waals surface area (Å²) in [6.45, 7) is 0. The number of hydrazine groups is 1. The van der Waals surface area contributed by atoms with Crippen LogP contribution in [0.1, 0.15) is 37.3 Å². The van der Waals surface area contributed by atoms with E-state index in [1.807, 2.05) is 0 Å². The third kappa shape index (κ3) is 2.68. The molecule has 0 aromatic heterocycles. The van der Waals surface area contributed by atoms with Crippen molar-refractivity contribution in [2.24, 2.45) is 5.84 Å². The monoisotopic (exact) mass is 254 g/mol. The highest BCUT2D eigenvalue weighted by Gasteiger charge is 2.21. The maximum atomic E-state index is 13.9. The Morgan fingerprint density at radius 3 is 2.82 bits per heavy atom. The highest BCUT2D eigenvalue weighted by Crippen LogP contribution is 2.32. The van der Waals surface area contributed by atoms with E-state index in [4.69, 9.17) is 17.4 Å². The summed E-state index contributed by atoms with van der Waals surface area (Å²) in [5, 5.41) is 0.138. The topological polar surface area (TPSA) is 38.0 Å². The van der Waals surface area contributed by atoms with Crippen LogP contribution in [-0.4, -0.2) is 0 Å². The van der Waals surface area contributed by atoms with E-state index in [9.17, 15) is 4.39 Å². The molecule has 17 heavy (non-hydrogen) atoms. The fourth-order valence-corrected chi connectivity index (χ4v) is 2.45. The van der Waals surface area contributed by atoms with Gasteiger partial charge in [-0.05, 0) is 31.7 Å². The minimum atomic E-state index is -0.386. The number of hydrogen-bond acceptors (Lipinski definition) is 2. The van der Waals surface area contributed by atoms with Crippen LogP contribution in [0, 0.1) is 5.82 Å². The first-order valence-electron chi connectivity index (χ1n) is 5.83. The molecule has 0 aliphatic heterocycles. The van der Waals surface area contributed by atoms with Gasteiger partial charge in [-0.3, -0.25) is 5.84 Å². The highest BCUT2D eigenvalue weighted by atomic mass is 35.5. The Kier molecular flexibility index (Phi) is 4.15. The number of allylic oxidation sites excluding steroid dienone is 1. The molecule has 0 saturated heterocycles. The van der Waals surface area contributed by atoms with Crippen LogP contribution in [0.4, 0.5) is 4.39 Å². The zero-order chi connectivity index (χ0) is 12.3. The summed E-state index contributed by atoms with van der Waals surface area (Å²) in [5.41, 5.74) is 4.36. The van der Waals surface area contributed by atoms with Crippen LogP contribution in [0.15, 0.2) is 29.8 Å². The zero-order valence-electron chi connectivity index (χ0n) is 9.55. The van der Waals surface area contributed by atoms with Crippen LogP contribution in [0.5, 0.6) is 0 Å². The average molecular weight is 255 g/mol. The molecule has 4 heteroatoms. The maximum absolute atomic E-state index is 13.9. The van der Waals surface area contributed by atoms with E-state index in [-0.39, 0.29) is 16.9 Å². The van der Waals surface area contributed by atoms with Crippen LogP contribution in [-0.2, 0) is 0 Å². The van der Waals surface area contributed by atoms with E-state index in [1.165, 1.54) is 6.42 Å². The molecule has 2 nitrogen and oxygen atoms in total. The second-order valence-corrected chi connectivity index (χ2v) is 4.67. The molecule has 1 aliphatic rings. The molecule has 0 saturated carbocycles. The number of hydrogen-bond donors (Lipinski definition) is 2. The van der Waals surface area contributed by atoms with Crippen LogP contribution >= 0.6 is 11.6 Å². The lowest BCUT2D eigenvalue weighted by atomic mass is 9.90. The molecule has 1 atom stereocenters. The second-order valence-electron chi connectivity index (χ2n) is 4.27. The van der Waals surface area contributed by atoms with E-state index >= 15 is 0 Å². The average Bonchev–Trinajstić information content (AvgIpc) is 2.37. The standard InChI is InChI=1S/C13H16ClFN2/c14-11-8-4-7-10(12(11)15)13(17-16)9-5-2-1-3-6-9/h4-5,7-8,13,17H,1-3,6,16H2. The number of benzene rings is 1. The summed E-state index contributed by atoms with van der Waals surface area (Å²) >= 11 is 5.79. The van der Waals surface area contributed by atoms with Gasteiger partial charge in [0.25, 0.3) is 0 Å². The quantitative estimate of drug-likeness (QED) is 0.492. The highest BCUT2D eigenvalue weighted by molar-refractivity contribution is 6.30. The summed E-state index contributed by atoms with van der Waals surface area (Å²) in [7, 11) is 0. The maximum Gasteiger partial charge on any atom is 0.146 e. The minimum absolute atomic E-state index is 0.138. The molecule has 2 rings (SSSR count). The first-order chi connectivity index (χ1) is 8.24. The van der Waals surface area contributed by atoms with E-state index < -0.39 is 0 Å². The fourth-order valence-electron chi connectivity index (χ4n) is 2.27. The summed E-state index contributed by atoms with van der Waals surface area (Å²) in [6.07, 6.45) is 6.47. The zero-order valence-corrected chi connectivity index (χ0v) is 10.3. The lowest BCUT2D eigenvalue weighted by Gasteiger charge is -2.23. The van der Waals surface area contributed by atoms with Gasteiger partial charge >= 0.3 is 0 Å². The van der Waals surface area contributed by atoms with Gasteiger partial charge < -0.3 is 0 Å². The largest absolute Gasteiger partial charge is 0.271 e. The van der Waals surface area contributed by atoms with Crippen molar-refractivity contribution in [1.29, 1.82) is 0 Å². The fraction of sp³-hybridized carbons (Fsp3) is 0.385. The molecule has 3 N–H and O–H groups in total. The Morgan fingerprint density at radius 1 is 1.35 bits per heavy atom. The molecule has 0 bridgehead atoms. The number of nitrogens with one attached hydrogen (secondary N) is 1. The lowest BCUT2D eigenvalue weighted by molar-refractivity contribution is 0.528. The van der Waals surface area contributed by atoms with Crippen molar-refractivity contribution >= 4 is 11.6 Å². The molecule has 92 valence electrons. The first-order valence-corrected chi connectivity index (χ1v) is 6.21.